The zero-order chi connectivity index (χ0) is 15.6. The standard InChI is InChI=1S/C17H21NO3S/c1-14-11-17(12-15(13-19)18-14)22-10-9-20-7-8-21-16-5-3-2-4-6-16/h2-6,11-12,19H,7-10,13H2,1H3. The smallest absolute Gasteiger partial charge is 0.119 e. The SMILES string of the molecule is Cc1cc(SCCOCCOc2ccccc2)cc(CO)n1. The Labute approximate surface area is 135 Å². The number of hydrogen-bond donors (Lipinski definition) is 1. The summed E-state index contributed by atoms with van der Waals surface area (Å²) in [5.41, 5.74) is 1.63. The molecule has 0 bridgehead atoms. The molecule has 2 aromatic rings. The number of thioether (sulfide) groups is 1. The second-order valence-corrected chi connectivity index (χ2v) is 5.88. The van der Waals surface area contributed by atoms with Crippen molar-refractivity contribution in [2.45, 2.75) is 18.4 Å². The lowest BCUT2D eigenvalue weighted by Crippen LogP contribution is -2.08. The van der Waals surface area contributed by atoms with Gasteiger partial charge in [-0.15, -0.1) is 11.8 Å². The van der Waals surface area contributed by atoms with Gasteiger partial charge in [0.1, 0.15) is 12.4 Å². The first-order chi connectivity index (χ1) is 10.8. The molecule has 0 aliphatic rings. The van der Waals surface area contributed by atoms with Gasteiger partial charge < -0.3 is 14.6 Å². The fraction of sp³-hybridized carbons (Fsp3) is 0.353. The van der Waals surface area contributed by atoms with Crippen molar-refractivity contribution < 1.29 is 14.6 Å². The Morgan fingerprint density at radius 3 is 2.68 bits per heavy atom. The average Bonchev–Trinajstić information content (AvgIpc) is 2.54. The number of ether oxygens (including phenoxy) is 2. The summed E-state index contributed by atoms with van der Waals surface area (Å²) in [4.78, 5) is 5.35. The first-order valence-corrected chi connectivity index (χ1v) is 8.23. The van der Waals surface area contributed by atoms with Gasteiger partial charge in [0.05, 0.1) is 25.5 Å². The van der Waals surface area contributed by atoms with Gasteiger partial charge in [0.15, 0.2) is 0 Å². The van der Waals surface area contributed by atoms with E-state index in [0.29, 0.717) is 25.5 Å². The molecule has 4 nitrogen and oxygen atoms in total. The number of rotatable bonds is 9. The highest BCUT2D eigenvalue weighted by Crippen LogP contribution is 2.19. The molecule has 0 saturated carbocycles. The van der Waals surface area contributed by atoms with Crippen LogP contribution in [0.25, 0.3) is 0 Å². The number of pyridine rings is 1. The average molecular weight is 319 g/mol. The molecule has 0 aliphatic carbocycles. The van der Waals surface area contributed by atoms with Crippen LogP contribution >= 0.6 is 11.8 Å². The minimum atomic E-state index is -0.0252. The van der Waals surface area contributed by atoms with Crippen molar-refractivity contribution >= 4 is 11.8 Å². The third kappa shape index (κ3) is 6.05. The van der Waals surface area contributed by atoms with E-state index < -0.39 is 0 Å². The Bertz CT molecular complexity index is 563. The number of hydrogen-bond acceptors (Lipinski definition) is 5. The molecule has 0 amide bonds. The molecular formula is C17H21NO3S. The Hall–Kier alpha value is -1.56. The first-order valence-electron chi connectivity index (χ1n) is 7.25. The predicted octanol–water partition coefficient (Wildman–Crippen LogP) is 3.07. The van der Waals surface area contributed by atoms with E-state index in [9.17, 15) is 0 Å². The van der Waals surface area contributed by atoms with Crippen LogP contribution in [-0.4, -0.2) is 35.7 Å². The molecule has 0 radical (unpaired) electrons. The highest BCUT2D eigenvalue weighted by molar-refractivity contribution is 7.99. The van der Waals surface area contributed by atoms with Crippen molar-refractivity contribution in [1.29, 1.82) is 0 Å². The van der Waals surface area contributed by atoms with Crippen LogP contribution in [0.15, 0.2) is 47.4 Å². The van der Waals surface area contributed by atoms with Crippen LogP contribution in [0.3, 0.4) is 0 Å². The molecule has 5 heteroatoms. The lowest BCUT2D eigenvalue weighted by Gasteiger charge is -2.08. The van der Waals surface area contributed by atoms with Crippen LogP contribution in [0.2, 0.25) is 0 Å². The lowest BCUT2D eigenvalue weighted by molar-refractivity contribution is 0.112. The molecule has 1 aromatic heterocycles. The number of benzene rings is 1. The molecule has 22 heavy (non-hydrogen) atoms. The molecule has 0 aliphatic heterocycles. The summed E-state index contributed by atoms with van der Waals surface area (Å²) in [7, 11) is 0. The van der Waals surface area contributed by atoms with E-state index in [1.165, 1.54) is 0 Å². The van der Waals surface area contributed by atoms with Gasteiger partial charge in [-0.25, -0.2) is 0 Å². The summed E-state index contributed by atoms with van der Waals surface area (Å²) in [5.74, 6) is 1.73. The predicted molar refractivity (Wildman–Crippen MR) is 88.4 cm³/mol. The molecule has 0 saturated heterocycles. The first kappa shape index (κ1) is 16.8. The second kappa shape index (κ2) is 9.46. The Balaban J connectivity index is 1.58. The van der Waals surface area contributed by atoms with Gasteiger partial charge in [-0.05, 0) is 31.2 Å². The van der Waals surface area contributed by atoms with Gasteiger partial charge >= 0.3 is 0 Å². The van der Waals surface area contributed by atoms with Gasteiger partial charge in [0.2, 0.25) is 0 Å². The zero-order valence-corrected chi connectivity index (χ0v) is 13.5. The highest BCUT2D eigenvalue weighted by Gasteiger charge is 2.00. The Morgan fingerprint density at radius 2 is 1.91 bits per heavy atom. The van der Waals surface area contributed by atoms with E-state index in [1.54, 1.807) is 11.8 Å². The van der Waals surface area contributed by atoms with Gasteiger partial charge in [-0.2, -0.15) is 0 Å². The van der Waals surface area contributed by atoms with E-state index >= 15 is 0 Å². The summed E-state index contributed by atoms with van der Waals surface area (Å²) in [6.07, 6.45) is 0. The number of aryl methyl sites for hydroxylation is 1. The zero-order valence-electron chi connectivity index (χ0n) is 12.7. The van der Waals surface area contributed by atoms with Crippen LogP contribution in [0.5, 0.6) is 5.75 Å². The van der Waals surface area contributed by atoms with E-state index in [4.69, 9.17) is 14.6 Å². The van der Waals surface area contributed by atoms with Gasteiger partial charge in [-0.3, -0.25) is 4.98 Å². The van der Waals surface area contributed by atoms with Crippen molar-refractivity contribution in [3.05, 3.63) is 53.9 Å². The Morgan fingerprint density at radius 1 is 1.09 bits per heavy atom. The minimum Gasteiger partial charge on any atom is -0.491 e. The number of aromatic nitrogens is 1. The van der Waals surface area contributed by atoms with E-state index in [0.717, 1.165) is 22.1 Å². The van der Waals surface area contributed by atoms with Crippen molar-refractivity contribution in [2.75, 3.05) is 25.6 Å². The Kier molecular flexibility index (Phi) is 7.22. The summed E-state index contributed by atoms with van der Waals surface area (Å²) in [5, 5.41) is 9.14. The maximum atomic E-state index is 9.14. The molecule has 0 unspecified atom stereocenters. The van der Waals surface area contributed by atoms with Crippen LogP contribution in [0, 0.1) is 6.92 Å². The van der Waals surface area contributed by atoms with E-state index in [-0.39, 0.29) is 6.61 Å². The van der Waals surface area contributed by atoms with Crippen molar-refractivity contribution in [3.63, 3.8) is 0 Å². The monoisotopic (exact) mass is 319 g/mol. The number of aliphatic hydroxyl groups is 1. The number of nitrogens with zero attached hydrogens (tertiary/aromatic N) is 1. The molecule has 118 valence electrons. The van der Waals surface area contributed by atoms with Crippen molar-refractivity contribution in [2.24, 2.45) is 0 Å². The van der Waals surface area contributed by atoms with Gasteiger partial charge in [0, 0.05) is 16.3 Å². The maximum Gasteiger partial charge on any atom is 0.119 e. The molecular weight excluding hydrogens is 298 g/mol. The van der Waals surface area contributed by atoms with Crippen molar-refractivity contribution in [1.82, 2.24) is 4.98 Å². The number of para-hydroxylation sites is 1. The summed E-state index contributed by atoms with van der Waals surface area (Å²) in [6, 6.07) is 13.7. The molecule has 2 rings (SSSR count). The van der Waals surface area contributed by atoms with Gasteiger partial charge in [-0.1, -0.05) is 18.2 Å². The van der Waals surface area contributed by atoms with Crippen LogP contribution in [0.4, 0.5) is 0 Å². The number of aliphatic hydroxyl groups excluding tert-OH is 1. The lowest BCUT2D eigenvalue weighted by atomic mass is 10.3. The van der Waals surface area contributed by atoms with Crippen LogP contribution in [-0.2, 0) is 11.3 Å². The molecule has 0 atom stereocenters. The van der Waals surface area contributed by atoms with E-state index in [2.05, 4.69) is 4.98 Å². The highest BCUT2D eigenvalue weighted by atomic mass is 32.2. The van der Waals surface area contributed by atoms with Crippen LogP contribution < -0.4 is 4.74 Å². The normalized spacial score (nSPS) is 10.6. The van der Waals surface area contributed by atoms with E-state index in [1.807, 2.05) is 49.4 Å². The maximum absolute atomic E-state index is 9.14. The third-order valence-corrected chi connectivity index (χ3v) is 3.82. The minimum absolute atomic E-state index is 0.0252. The summed E-state index contributed by atoms with van der Waals surface area (Å²) < 4.78 is 11.1. The second-order valence-electron chi connectivity index (χ2n) is 4.72. The van der Waals surface area contributed by atoms with Crippen molar-refractivity contribution in [3.8, 4) is 5.75 Å². The fourth-order valence-electron chi connectivity index (χ4n) is 1.92. The molecule has 1 aromatic carbocycles. The molecule has 1 N–H and O–H groups in total. The largest absolute Gasteiger partial charge is 0.491 e. The van der Waals surface area contributed by atoms with Gasteiger partial charge in [0.25, 0.3) is 0 Å². The molecule has 1 heterocycles. The molecule has 0 spiro atoms. The molecule has 0 fully saturated rings. The quantitative estimate of drug-likeness (QED) is 0.568. The fourth-order valence-corrected chi connectivity index (χ4v) is 2.83. The van der Waals surface area contributed by atoms with Crippen LogP contribution in [0.1, 0.15) is 11.4 Å². The third-order valence-electron chi connectivity index (χ3n) is 2.88. The topological polar surface area (TPSA) is 51.6 Å². The summed E-state index contributed by atoms with van der Waals surface area (Å²) >= 11 is 1.70. The summed E-state index contributed by atoms with van der Waals surface area (Å²) in [6.45, 7) is 3.70.